The lowest BCUT2D eigenvalue weighted by molar-refractivity contribution is -0.123. The molecule has 8 heteroatoms. The molecule has 1 amide bonds. The Hall–Kier alpha value is -3.26. The van der Waals surface area contributed by atoms with Crippen molar-refractivity contribution in [3.05, 3.63) is 58.6 Å². The zero-order valence-electron chi connectivity index (χ0n) is 17.3. The largest absolute Gasteiger partial charge is 0.468 e. The highest BCUT2D eigenvalue weighted by Gasteiger charge is 2.18. The molecule has 0 bridgehead atoms. The van der Waals surface area contributed by atoms with Crippen molar-refractivity contribution in [1.82, 2.24) is 25.1 Å². The lowest BCUT2D eigenvalue weighted by Gasteiger charge is -2.15. The molecule has 4 aromatic rings. The Bertz CT molecular complexity index is 1180. The van der Waals surface area contributed by atoms with E-state index in [2.05, 4.69) is 20.4 Å². The van der Waals surface area contributed by atoms with Crippen LogP contribution in [0, 0.1) is 13.8 Å². The summed E-state index contributed by atoms with van der Waals surface area (Å²) in [5, 5.41) is 11.2. The molecule has 3 aromatic heterocycles. The van der Waals surface area contributed by atoms with Crippen molar-refractivity contribution in [2.75, 3.05) is 6.61 Å². The summed E-state index contributed by atoms with van der Waals surface area (Å²) in [5.74, 6) is 0.197. The van der Waals surface area contributed by atoms with Crippen molar-refractivity contribution in [2.45, 2.75) is 26.8 Å². The smallest absolute Gasteiger partial charge is 0.258 e. The van der Waals surface area contributed by atoms with Crippen molar-refractivity contribution < 1.29 is 9.53 Å². The first-order chi connectivity index (χ1) is 14.4. The first kappa shape index (κ1) is 20.0. The summed E-state index contributed by atoms with van der Waals surface area (Å²) in [4.78, 5) is 21.3. The highest BCUT2D eigenvalue weighted by atomic mass is 32.1. The Labute approximate surface area is 178 Å². The van der Waals surface area contributed by atoms with Crippen LogP contribution in [-0.4, -0.2) is 32.3 Å². The van der Waals surface area contributed by atoms with Crippen LogP contribution in [0.1, 0.15) is 29.7 Å². The van der Waals surface area contributed by atoms with Gasteiger partial charge in [0.05, 0.1) is 11.4 Å². The third kappa shape index (κ3) is 4.04. The maximum Gasteiger partial charge on any atom is 0.258 e. The molecular formula is C22H23N5O2S. The number of benzene rings is 1. The van der Waals surface area contributed by atoms with Crippen molar-refractivity contribution in [1.29, 1.82) is 0 Å². The molecule has 0 aliphatic heterocycles. The number of amides is 1. The second-order valence-electron chi connectivity index (χ2n) is 7.27. The van der Waals surface area contributed by atoms with Crippen LogP contribution in [0.15, 0.2) is 41.9 Å². The highest BCUT2D eigenvalue weighted by molar-refractivity contribution is 7.13. The molecule has 30 heavy (non-hydrogen) atoms. The standard InChI is InChI=1S/C22H23N5O2S/c1-13-5-7-16(8-6-13)15(3)24-17(28)12-29-18-11-14(2)19-20(22-23-9-10-30-22)26-27(4)21(19)25-18/h5-11,15H,12H2,1-4H3,(H,24,28)/t15-/m0/s1. The van der Waals surface area contributed by atoms with Gasteiger partial charge in [0.25, 0.3) is 5.91 Å². The molecule has 0 radical (unpaired) electrons. The predicted molar refractivity (Wildman–Crippen MR) is 118 cm³/mol. The van der Waals surface area contributed by atoms with Gasteiger partial charge in [0.2, 0.25) is 5.88 Å². The Morgan fingerprint density at radius 1 is 1.27 bits per heavy atom. The van der Waals surface area contributed by atoms with Gasteiger partial charge in [-0.05, 0) is 31.9 Å². The zero-order chi connectivity index (χ0) is 21.3. The lowest BCUT2D eigenvalue weighted by atomic mass is 10.1. The second-order valence-corrected chi connectivity index (χ2v) is 8.17. The van der Waals surface area contributed by atoms with Crippen LogP contribution >= 0.6 is 11.3 Å². The van der Waals surface area contributed by atoms with Gasteiger partial charge in [0.1, 0.15) is 10.7 Å². The van der Waals surface area contributed by atoms with Crippen LogP contribution in [0.25, 0.3) is 21.7 Å². The van der Waals surface area contributed by atoms with E-state index in [1.165, 1.54) is 16.9 Å². The van der Waals surface area contributed by atoms with Gasteiger partial charge >= 0.3 is 0 Å². The molecule has 0 spiro atoms. The molecule has 4 rings (SSSR count). The van der Waals surface area contributed by atoms with E-state index in [9.17, 15) is 4.79 Å². The van der Waals surface area contributed by atoms with E-state index in [0.717, 1.165) is 27.2 Å². The minimum Gasteiger partial charge on any atom is -0.468 e. The number of ether oxygens (including phenoxy) is 1. The van der Waals surface area contributed by atoms with E-state index in [-0.39, 0.29) is 18.6 Å². The molecule has 7 nitrogen and oxygen atoms in total. The van der Waals surface area contributed by atoms with Crippen LogP contribution in [-0.2, 0) is 11.8 Å². The van der Waals surface area contributed by atoms with Gasteiger partial charge in [-0.3, -0.25) is 4.79 Å². The second kappa shape index (κ2) is 8.23. The molecule has 1 aromatic carbocycles. The van der Waals surface area contributed by atoms with Gasteiger partial charge in [0, 0.05) is 24.7 Å². The highest BCUT2D eigenvalue weighted by Crippen LogP contribution is 2.32. The van der Waals surface area contributed by atoms with Crippen molar-refractivity contribution in [3.8, 4) is 16.6 Å². The third-order valence-electron chi connectivity index (χ3n) is 4.91. The first-order valence-electron chi connectivity index (χ1n) is 9.65. The first-order valence-corrected chi connectivity index (χ1v) is 10.5. The summed E-state index contributed by atoms with van der Waals surface area (Å²) in [6.45, 7) is 5.86. The number of carbonyl (C=O) groups excluding carboxylic acids is 1. The van der Waals surface area contributed by atoms with Crippen molar-refractivity contribution >= 4 is 28.3 Å². The van der Waals surface area contributed by atoms with E-state index in [0.29, 0.717) is 11.5 Å². The molecule has 0 unspecified atom stereocenters. The number of hydrogen-bond acceptors (Lipinski definition) is 6. The van der Waals surface area contributed by atoms with Crippen molar-refractivity contribution in [2.24, 2.45) is 7.05 Å². The molecular weight excluding hydrogens is 398 g/mol. The minimum atomic E-state index is -0.198. The number of rotatable bonds is 6. The summed E-state index contributed by atoms with van der Waals surface area (Å²) in [6.07, 6.45) is 1.76. The van der Waals surface area contributed by atoms with Gasteiger partial charge in [0.15, 0.2) is 12.3 Å². The number of hydrogen-bond donors (Lipinski definition) is 1. The number of aromatic nitrogens is 4. The molecule has 0 saturated heterocycles. The minimum absolute atomic E-state index is 0.100. The molecule has 3 heterocycles. The summed E-state index contributed by atoms with van der Waals surface area (Å²) < 4.78 is 7.40. The van der Waals surface area contributed by atoms with Crippen molar-refractivity contribution in [3.63, 3.8) is 0 Å². The van der Waals surface area contributed by atoms with Crippen LogP contribution in [0.3, 0.4) is 0 Å². The fourth-order valence-electron chi connectivity index (χ4n) is 3.33. The Balaban J connectivity index is 1.47. The quantitative estimate of drug-likeness (QED) is 0.509. The van der Waals surface area contributed by atoms with E-state index in [1.807, 2.05) is 63.5 Å². The molecule has 1 N–H and O–H groups in total. The van der Waals surface area contributed by atoms with Crippen LogP contribution in [0.2, 0.25) is 0 Å². The molecule has 0 saturated carbocycles. The van der Waals surface area contributed by atoms with Crippen LogP contribution in [0.4, 0.5) is 0 Å². The maximum absolute atomic E-state index is 12.4. The molecule has 0 aliphatic carbocycles. The van der Waals surface area contributed by atoms with Crippen LogP contribution in [0.5, 0.6) is 5.88 Å². The Kier molecular flexibility index (Phi) is 5.50. The summed E-state index contributed by atoms with van der Waals surface area (Å²) >= 11 is 1.54. The Morgan fingerprint density at radius 3 is 2.73 bits per heavy atom. The third-order valence-corrected chi connectivity index (χ3v) is 5.69. The molecule has 154 valence electrons. The number of nitrogens with zero attached hydrogens (tertiary/aromatic N) is 4. The van der Waals surface area contributed by atoms with Gasteiger partial charge in [-0.2, -0.15) is 10.1 Å². The van der Waals surface area contributed by atoms with Gasteiger partial charge in [-0.25, -0.2) is 9.67 Å². The Morgan fingerprint density at radius 2 is 2.03 bits per heavy atom. The fourth-order valence-corrected chi connectivity index (χ4v) is 3.95. The molecule has 1 atom stereocenters. The topological polar surface area (TPSA) is 81.9 Å². The van der Waals surface area contributed by atoms with E-state index >= 15 is 0 Å². The van der Waals surface area contributed by atoms with Crippen LogP contribution < -0.4 is 10.1 Å². The van der Waals surface area contributed by atoms with E-state index in [4.69, 9.17) is 4.74 Å². The SMILES string of the molecule is Cc1ccc([C@H](C)NC(=O)COc2cc(C)c3c(-c4nccs4)nn(C)c3n2)cc1. The van der Waals surface area contributed by atoms with Gasteiger partial charge < -0.3 is 10.1 Å². The summed E-state index contributed by atoms with van der Waals surface area (Å²) in [6, 6.07) is 9.83. The van der Waals surface area contributed by atoms with Gasteiger partial charge in [-0.1, -0.05) is 29.8 Å². The number of pyridine rings is 1. The monoisotopic (exact) mass is 421 g/mol. The average Bonchev–Trinajstić information content (AvgIpc) is 3.35. The number of nitrogens with one attached hydrogen (secondary N) is 1. The lowest BCUT2D eigenvalue weighted by Crippen LogP contribution is -2.31. The number of carbonyl (C=O) groups is 1. The average molecular weight is 422 g/mol. The predicted octanol–water partition coefficient (Wildman–Crippen LogP) is 3.96. The van der Waals surface area contributed by atoms with Gasteiger partial charge in [-0.15, -0.1) is 11.3 Å². The molecule has 0 fully saturated rings. The fraction of sp³-hybridized carbons (Fsp3) is 0.273. The zero-order valence-corrected chi connectivity index (χ0v) is 18.2. The number of aryl methyl sites for hydroxylation is 3. The molecule has 0 aliphatic rings. The van der Waals surface area contributed by atoms with E-state index < -0.39 is 0 Å². The number of thiazole rings is 1. The number of fused-ring (bicyclic) bond motifs is 1. The maximum atomic E-state index is 12.4. The summed E-state index contributed by atoms with van der Waals surface area (Å²) in [5.41, 5.74) is 4.72. The normalized spacial score (nSPS) is 12.1. The summed E-state index contributed by atoms with van der Waals surface area (Å²) in [7, 11) is 1.84. The van der Waals surface area contributed by atoms with E-state index in [1.54, 1.807) is 10.9 Å².